The van der Waals surface area contributed by atoms with E-state index >= 15 is 0 Å². The Balaban J connectivity index is 2.50. The average molecular weight is 177 g/mol. The first-order valence-corrected chi connectivity index (χ1v) is 5.03. The van der Waals surface area contributed by atoms with Gasteiger partial charge >= 0.3 is 0 Å². The molecule has 1 aromatic carbocycles. The molecule has 1 heteroatoms. The van der Waals surface area contributed by atoms with E-state index in [1.165, 1.54) is 17.7 Å². The van der Waals surface area contributed by atoms with Crippen LogP contribution in [0.4, 0.5) is 5.69 Å². The largest absolute Gasteiger partial charge is 0.385 e. The van der Waals surface area contributed by atoms with Crippen LogP contribution in [-0.4, -0.2) is 6.54 Å². The molecule has 72 valence electrons. The number of rotatable bonds is 4. The third kappa shape index (κ3) is 3.10. The van der Waals surface area contributed by atoms with E-state index in [4.69, 9.17) is 0 Å². The lowest BCUT2D eigenvalue weighted by Crippen LogP contribution is -2.10. The van der Waals surface area contributed by atoms with Crippen molar-refractivity contribution < 1.29 is 0 Å². The molecule has 1 unspecified atom stereocenters. The van der Waals surface area contributed by atoms with Crippen molar-refractivity contribution >= 4 is 5.69 Å². The van der Waals surface area contributed by atoms with E-state index in [0.29, 0.717) is 0 Å². The molecule has 0 saturated heterocycles. The van der Waals surface area contributed by atoms with E-state index in [2.05, 4.69) is 50.4 Å². The van der Waals surface area contributed by atoms with Gasteiger partial charge < -0.3 is 5.32 Å². The first kappa shape index (κ1) is 10.1. The molecule has 0 saturated carbocycles. The van der Waals surface area contributed by atoms with Crippen LogP contribution in [0.2, 0.25) is 0 Å². The topological polar surface area (TPSA) is 12.0 Å². The van der Waals surface area contributed by atoms with Crippen molar-refractivity contribution in [3.8, 4) is 0 Å². The van der Waals surface area contributed by atoms with Crippen molar-refractivity contribution in [3.05, 3.63) is 29.8 Å². The zero-order chi connectivity index (χ0) is 9.68. The van der Waals surface area contributed by atoms with Crippen molar-refractivity contribution in [1.29, 1.82) is 0 Å². The number of hydrogen-bond acceptors (Lipinski definition) is 1. The fourth-order valence-corrected chi connectivity index (χ4v) is 1.20. The summed E-state index contributed by atoms with van der Waals surface area (Å²) in [7, 11) is 0. The molecule has 1 N–H and O–H groups in total. The summed E-state index contributed by atoms with van der Waals surface area (Å²) < 4.78 is 0. The van der Waals surface area contributed by atoms with Gasteiger partial charge in [-0.2, -0.15) is 0 Å². The summed E-state index contributed by atoms with van der Waals surface area (Å²) in [5.74, 6) is 0.750. The Kier molecular flexibility index (Phi) is 3.81. The highest BCUT2D eigenvalue weighted by molar-refractivity contribution is 5.50. The van der Waals surface area contributed by atoms with Crippen LogP contribution >= 0.6 is 0 Å². The first-order valence-electron chi connectivity index (χ1n) is 5.03. The van der Waals surface area contributed by atoms with E-state index in [1.807, 2.05) is 0 Å². The van der Waals surface area contributed by atoms with Crippen molar-refractivity contribution in [1.82, 2.24) is 0 Å². The van der Waals surface area contributed by atoms with Crippen LogP contribution in [0.5, 0.6) is 0 Å². The molecule has 0 bridgehead atoms. The van der Waals surface area contributed by atoms with Gasteiger partial charge in [0.15, 0.2) is 0 Å². The summed E-state index contributed by atoms with van der Waals surface area (Å²) in [4.78, 5) is 0. The molecule has 0 heterocycles. The Hall–Kier alpha value is -0.980. The lowest BCUT2D eigenvalue weighted by Gasteiger charge is -2.12. The molecule has 0 aliphatic rings. The number of nitrogens with one attached hydrogen (secondary N) is 1. The van der Waals surface area contributed by atoms with Crippen LogP contribution < -0.4 is 5.32 Å². The van der Waals surface area contributed by atoms with Gasteiger partial charge in [0.05, 0.1) is 0 Å². The van der Waals surface area contributed by atoms with E-state index in [0.717, 1.165) is 12.5 Å². The normalized spacial score (nSPS) is 12.5. The second kappa shape index (κ2) is 4.90. The molecule has 0 aliphatic heterocycles. The summed E-state index contributed by atoms with van der Waals surface area (Å²) in [6, 6.07) is 8.42. The number of aryl methyl sites for hydroxylation is 1. The van der Waals surface area contributed by atoms with Crippen molar-refractivity contribution in [2.45, 2.75) is 27.2 Å². The zero-order valence-electron chi connectivity index (χ0n) is 8.80. The summed E-state index contributed by atoms with van der Waals surface area (Å²) in [5.41, 5.74) is 2.59. The van der Waals surface area contributed by atoms with Crippen LogP contribution in [0.1, 0.15) is 25.8 Å². The fourth-order valence-electron chi connectivity index (χ4n) is 1.20. The SMILES string of the molecule is CCC(C)CNc1ccccc1C. The van der Waals surface area contributed by atoms with Gasteiger partial charge in [0, 0.05) is 12.2 Å². The standard InChI is InChI=1S/C12H19N/c1-4-10(2)9-13-12-8-6-5-7-11(12)3/h5-8,10,13H,4,9H2,1-3H3. The number of anilines is 1. The molecule has 0 radical (unpaired) electrons. The fraction of sp³-hybridized carbons (Fsp3) is 0.500. The molecule has 0 amide bonds. The molecule has 13 heavy (non-hydrogen) atoms. The number of para-hydroxylation sites is 1. The van der Waals surface area contributed by atoms with Gasteiger partial charge in [-0.15, -0.1) is 0 Å². The Bertz CT molecular complexity index is 255. The Morgan fingerprint density at radius 2 is 2.00 bits per heavy atom. The summed E-state index contributed by atoms with van der Waals surface area (Å²) in [5, 5.41) is 3.46. The van der Waals surface area contributed by atoms with Gasteiger partial charge in [-0.3, -0.25) is 0 Å². The van der Waals surface area contributed by atoms with Gasteiger partial charge in [-0.05, 0) is 24.5 Å². The van der Waals surface area contributed by atoms with Crippen LogP contribution in [0.15, 0.2) is 24.3 Å². The summed E-state index contributed by atoms with van der Waals surface area (Å²) in [6.07, 6.45) is 1.24. The Labute approximate surface area is 81.2 Å². The van der Waals surface area contributed by atoms with Crippen LogP contribution in [0.3, 0.4) is 0 Å². The quantitative estimate of drug-likeness (QED) is 0.742. The number of benzene rings is 1. The lowest BCUT2D eigenvalue weighted by molar-refractivity contribution is 0.593. The monoisotopic (exact) mass is 177 g/mol. The van der Waals surface area contributed by atoms with Crippen molar-refractivity contribution in [2.24, 2.45) is 5.92 Å². The van der Waals surface area contributed by atoms with E-state index < -0.39 is 0 Å². The van der Waals surface area contributed by atoms with Crippen LogP contribution in [0.25, 0.3) is 0 Å². The molecule has 0 aromatic heterocycles. The smallest absolute Gasteiger partial charge is 0.0369 e. The average Bonchev–Trinajstić information content (AvgIpc) is 2.16. The Morgan fingerprint density at radius 3 is 2.62 bits per heavy atom. The maximum absolute atomic E-state index is 3.46. The summed E-state index contributed by atoms with van der Waals surface area (Å²) in [6.45, 7) is 7.70. The minimum absolute atomic E-state index is 0.750. The van der Waals surface area contributed by atoms with Crippen LogP contribution in [0, 0.1) is 12.8 Å². The highest BCUT2D eigenvalue weighted by atomic mass is 14.9. The van der Waals surface area contributed by atoms with Crippen molar-refractivity contribution in [3.63, 3.8) is 0 Å². The highest BCUT2D eigenvalue weighted by Crippen LogP contribution is 2.14. The molecule has 0 aliphatic carbocycles. The predicted molar refractivity (Wildman–Crippen MR) is 59.1 cm³/mol. The minimum Gasteiger partial charge on any atom is -0.385 e. The molecular weight excluding hydrogens is 158 g/mol. The van der Waals surface area contributed by atoms with E-state index in [9.17, 15) is 0 Å². The summed E-state index contributed by atoms with van der Waals surface area (Å²) >= 11 is 0. The van der Waals surface area contributed by atoms with Crippen molar-refractivity contribution in [2.75, 3.05) is 11.9 Å². The molecule has 1 atom stereocenters. The maximum atomic E-state index is 3.46. The zero-order valence-corrected chi connectivity index (χ0v) is 8.80. The second-order valence-electron chi connectivity index (χ2n) is 3.71. The molecule has 1 nitrogen and oxygen atoms in total. The highest BCUT2D eigenvalue weighted by Gasteiger charge is 1.99. The Morgan fingerprint density at radius 1 is 1.31 bits per heavy atom. The first-order chi connectivity index (χ1) is 6.24. The maximum Gasteiger partial charge on any atom is 0.0369 e. The van der Waals surface area contributed by atoms with Gasteiger partial charge in [0.1, 0.15) is 0 Å². The van der Waals surface area contributed by atoms with E-state index in [1.54, 1.807) is 0 Å². The number of hydrogen-bond donors (Lipinski definition) is 1. The third-order valence-corrected chi connectivity index (χ3v) is 2.48. The van der Waals surface area contributed by atoms with Gasteiger partial charge in [-0.1, -0.05) is 38.5 Å². The van der Waals surface area contributed by atoms with E-state index in [-0.39, 0.29) is 0 Å². The molecular formula is C12H19N. The van der Waals surface area contributed by atoms with Crippen LogP contribution in [-0.2, 0) is 0 Å². The predicted octanol–water partition coefficient (Wildman–Crippen LogP) is 3.45. The van der Waals surface area contributed by atoms with Gasteiger partial charge in [-0.25, -0.2) is 0 Å². The minimum atomic E-state index is 0.750. The second-order valence-corrected chi connectivity index (χ2v) is 3.71. The molecule has 1 aromatic rings. The van der Waals surface area contributed by atoms with Gasteiger partial charge in [0.25, 0.3) is 0 Å². The van der Waals surface area contributed by atoms with Gasteiger partial charge in [0.2, 0.25) is 0 Å². The lowest BCUT2D eigenvalue weighted by atomic mass is 10.1. The molecule has 0 fully saturated rings. The third-order valence-electron chi connectivity index (χ3n) is 2.48. The molecule has 0 spiro atoms. The molecule has 1 rings (SSSR count).